The van der Waals surface area contributed by atoms with Crippen LogP contribution in [0.5, 0.6) is 11.5 Å². The number of sulfonamides is 1. The molecule has 0 aliphatic heterocycles. The molecule has 1 amide bonds. The molecule has 10 heteroatoms. The first-order valence-electron chi connectivity index (χ1n) is 9.93. The Labute approximate surface area is 197 Å². The molecule has 0 atom stereocenters. The normalized spacial score (nSPS) is 11.4. The van der Waals surface area contributed by atoms with Crippen molar-refractivity contribution in [3.8, 4) is 11.5 Å². The fraction of sp³-hybridized carbons (Fsp3) is 0.217. The largest absolute Gasteiger partial charge is 0.497 e. The molecule has 0 saturated heterocycles. The van der Waals surface area contributed by atoms with Crippen LogP contribution in [0.15, 0.2) is 63.9 Å². The molecule has 3 rings (SSSR count). The molecule has 174 valence electrons. The summed E-state index contributed by atoms with van der Waals surface area (Å²) >= 11 is 1.49. The van der Waals surface area contributed by atoms with Gasteiger partial charge in [-0.05, 0) is 55.1 Å². The van der Waals surface area contributed by atoms with E-state index in [1.165, 1.54) is 50.0 Å². The maximum atomic E-state index is 13.5. The fourth-order valence-electron chi connectivity index (χ4n) is 2.97. The number of carbonyl (C=O) groups is 1. The van der Waals surface area contributed by atoms with Gasteiger partial charge in [-0.2, -0.15) is 5.10 Å². The van der Waals surface area contributed by atoms with Crippen LogP contribution < -0.4 is 19.2 Å². The summed E-state index contributed by atoms with van der Waals surface area (Å²) in [5, 5.41) is 5.89. The van der Waals surface area contributed by atoms with Gasteiger partial charge >= 0.3 is 0 Å². The van der Waals surface area contributed by atoms with Crippen molar-refractivity contribution in [1.82, 2.24) is 5.43 Å². The van der Waals surface area contributed by atoms with Gasteiger partial charge in [0, 0.05) is 10.9 Å². The summed E-state index contributed by atoms with van der Waals surface area (Å²) < 4.78 is 38.7. The molecule has 0 bridgehead atoms. The van der Waals surface area contributed by atoms with Gasteiger partial charge in [-0.15, -0.1) is 11.3 Å². The predicted molar refractivity (Wildman–Crippen MR) is 130 cm³/mol. The molecule has 0 saturated carbocycles. The summed E-state index contributed by atoms with van der Waals surface area (Å²) in [5.74, 6) is 0.133. The van der Waals surface area contributed by atoms with Gasteiger partial charge in [0.1, 0.15) is 18.0 Å². The van der Waals surface area contributed by atoms with Crippen LogP contribution in [0.3, 0.4) is 0 Å². The minimum Gasteiger partial charge on any atom is -0.497 e. The maximum Gasteiger partial charge on any atom is 0.264 e. The standard InChI is InChI=1S/C23H25N3O5S2/c1-16-5-8-19(9-6-16)33(28,29)26(20-10-7-18(30-3)13-21(20)31-4)15-23(27)25-24-14-22-17(2)11-12-32-22/h5-14H,15H2,1-4H3,(H,25,27)/b24-14-. The van der Waals surface area contributed by atoms with E-state index < -0.39 is 22.5 Å². The molecule has 8 nitrogen and oxygen atoms in total. The Morgan fingerprint density at radius 2 is 1.82 bits per heavy atom. The first-order chi connectivity index (χ1) is 15.8. The number of rotatable bonds is 9. The molecule has 2 aromatic carbocycles. The van der Waals surface area contributed by atoms with E-state index in [1.54, 1.807) is 24.3 Å². The topological polar surface area (TPSA) is 97.3 Å². The zero-order valence-corrected chi connectivity index (χ0v) is 20.4. The highest BCUT2D eigenvalue weighted by Gasteiger charge is 2.29. The van der Waals surface area contributed by atoms with Crippen molar-refractivity contribution in [3.63, 3.8) is 0 Å². The number of ether oxygens (including phenoxy) is 2. The van der Waals surface area contributed by atoms with Gasteiger partial charge in [-0.25, -0.2) is 13.8 Å². The van der Waals surface area contributed by atoms with Gasteiger partial charge in [-0.3, -0.25) is 9.10 Å². The summed E-state index contributed by atoms with van der Waals surface area (Å²) in [6.07, 6.45) is 1.53. The Balaban J connectivity index is 1.95. The molecule has 1 heterocycles. The van der Waals surface area contributed by atoms with Crippen LogP contribution in [0.1, 0.15) is 16.0 Å². The molecule has 33 heavy (non-hydrogen) atoms. The minimum absolute atomic E-state index is 0.0523. The number of hydrogen-bond donors (Lipinski definition) is 1. The van der Waals surface area contributed by atoms with E-state index >= 15 is 0 Å². The number of nitrogens with one attached hydrogen (secondary N) is 1. The minimum atomic E-state index is -4.09. The number of methoxy groups -OCH3 is 2. The van der Waals surface area contributed by atoms with Gasteiger partial charge in [0.15, 0.2) is 0 Å². The number of amides is 1. The second-order valence-electron chi connectivity index (χ2n) is 7.12. The van der Waals surface area contributed by atoms with Crippen LogP contribution in [-0.4, -0.2) is 41.3 Å². The van der Waals surface area contributed by atoms with Crippen molar-refractivity contribution in [1.29, 1.82) is 0 Å². The summed E-state index contributed by atoms with van der Waals surface area (Å²) in [6.45, 7) is 3.30. The highest BCUT2D eigenvalue weighted by Crippen LogP contribution is 2.35. The van der Waals surface area contributed by atoms with Crippen molar-refractivity contribution >= 4 is 39.2 Å². The third-order valence-corrected chi connectivity index (χ3v) is 7.55. The molecule has 0 fully saturated rings. The average molecular weight is 488 g/mol. The number of nitrogens with zero attached hydrogens (tertiary/aromatic N) is 2. The molecular formula is C23H25N3O5S2. The third-order valence-electron chi connectivity index (χ3n) is 4.82. The molecule has 0 aliphatic rings. The number of anilines is 1. The zero-order chi connectivity index (χ0) is 24.0. The van der Waals surface area contributed by atoms with E-state index in [2.05, 4.69) is 10.5 Å². The number of carbonyl (C=O) groups excluding carboxylic acids is 1. The summed E-state index contributed by atoms with van der Waals surface area (Å²) in [7, 11) is -1.18. The Bertz CT molecular complexity index is 1250. The highest BCUT2D eigenvalue weighted by atomic mass is 32.2. The van der Waals surface area contributed by atoms with E-state index in [9.17, 15) is 13.2 Å². The molecule has 3 aromatic rings. The Morgan fingerprint density at radius 3 is 2.42 bits per heavy atom. The Hall–Kier alpha value is -3.37. The van der Waals surface area contributed by atoms with Crippen molar-refractivity contribution in [2.24, 2.45) is 5.10 Å². The number of hydrogen-bond acceptors (Lipinski definition) is 7. The first-order valence-corrected chi connectivity index (χ1v) is 12.3. The SMILES string of the molecule is COc1ccc(N(CC(=O)N/N=C\c2sccc2C)S(=O)(=O)c2ccc(C)cc2)c(OC)c1. The van der Waals surface area contributed by atoms with E-state index in [0.29, 0.717) is 5.75 Å². The van der Waals surface area contributed by atoms with Gasteiger partial charge in [0.05, 0.1) is 31.0 Å². The number of benzene rings is 2. The Morgan fingerprint density at radius 1 is 1.09 bits per heavy atom. The van der Waals surface area contributed by atoms with Gasteiger partial charge in [0.25, 0.3) is 15.9 Å². The number of hydrazone groups is 1. The summed E-state index contributed by atoms with van der Waals surface area (Å²) in [5.41, 5.74) is 4.55. The van der Waals surface area contributed by atoms with E-state index in [0.717, 1.165) is 20.3 Å². The van der Waals surface area contributed by atoms with E-state index in [1.807, 2.05) is 25.3 Å². The highest BCUT2D eigenvalue weighted by molar-refractivity contribution is 7.92. The molecule has 1 aromatic heterocycles. The second kappa shape index (κ2) is 10.5. The van der Waals surface area contributed by atoms with Crippen LogP contribution in [0.25, 0.3) is 0 Å². The van der Waals surface area contributed by atoms with Crippen LogP contribution in [0.2, 0.25) is 0 Å². The summed E-state index contributed by atoms with van der Waals surface area (Å²) in [6, 6.07) is 13.0. The second-order valence-corrected chi connectivity index (χ2v) is 9.93. The lowest BCUT2D eigenvalue weighted by molar-refractivity contribution is -0.119. The monoisotopic (exact) mass is 487 g/mol. The first kappa shape index (κ1) is 24.3. The molecule has 0 spiro atoms. The molecule has 0 unspecified atom stereocenters. The lowest BCUT2D eigenvalue weighted by atomic mass is 10.2. The van der Waals surface area contributed by atoms with Crippen molar-refractivity contribution in [2.75, 3.05) is 25.1 Å². The maximum absolute atomic E-state index is 13.5. The molecule has 0 radical (unpaired) electrons. The molecule has 1 N–H and O–H groups in total. The van der Waals surface area contributed by atoms with E-state index in [4.69, 9.17) is 9.47 Å². The Kier molecular flexibility index (Phi) is 7.72. The van der Waals surface area contributed by atoms with Gasteiger partial charge in [0.2, 0.25) is 0 Å². The van der Waals surface area contributed by atoms with Crippen LogP contribution in [0.4, 0.5) is 5.69 Å². The van der Waals surface area contributed by atoms with Crippen LogP contribution in [0, 0.1) is 13.8 Å². The van der Waals surface area contributed by atoms with Crippen LogP contribution >= 0.6 is 11.3 Å². The zero-order valence-electron chi connectivity index (χ0n) is 18.7. The average Bonchev–Trinajstić information content (AvgIpc) is 3.21. The van der Waals surface area contributed by atoms with Gasteiger partial charge in [-0.1, -0.05) is 17.7 Å². The quantitative estimate of drug-likeness (QED) is 0.366. The van der Waals surface area contributed by atoms with Crippen LogP contribution in [-0.2, 0) is 14.8 Å². The fourth-order valence-corrected chi connectivity index (χ4v) is 5.19. The number of aryl methyl sites for hydroxylation is 2. The number of thiophene rings is 1. The lowest BCUT2D eigenvalue weighted by Crippen LogP contribution is -2.39. The molecule has 0 aliphatic carbocycles. The summed E-state index contributed by atoms with van der Waals surface area (Å²) in [4.78, 5) is 13.7. The van der Waals surface area contributed by atoms with E-state index in [-0.39, 0.29) is 16.3 Å². The lowest BCUT2D eigenvalue weighted by Gasteiger charge is -2.25. The smallest absolute Gasteiger partial charge is 0.264 e. The van der Waals surface area contributed by atoms with Crippen molar-refractivity contribution in [3.05, 3.63) is 69.9 Å². The predicted octanol–water partition coefficient (Wildman–Crippen LogP) is 3.73. The van der Waals surface area contributed by atoms with Crippen molar-refractivity contribution in [2.45, 2.75) is 18.7 Å². The third kappa shape index (κ3) is 5.71. The molecular weight excluding hydrogens is 462 g/mol. The van der Waals surface area contributed by atoms with Crippen molar-refractivity contribution < 1.29 is 22.7 Å². The van der Waals surface area contributed by atoms with Gasteiger partial charge < -0.3 is 9.47 Å².